The molecule has 0 aromatic carbocycles. The molecule has 2 N–H and O–H groups in total. The van der Waals surface area contributed by atoms with Gasteiger partial charge in [-0.05, 0) is 13.0 Å². The van der Waals surface area contributed by atoms with E-state index in [2.05, 4.69) is 5.32 Å². The zero-order chi connectivity index (χ0) is 7.56. The number of carbonyl (C=O) groups excluding carboxylic acids is 1. The molecule has 0 radical (unpaired) electrons. The lowest BCUT2D eigenvalue weighted by atomic mass is 10.1. The van der Waals surface area contributed by atoms with Gasteiger partial charge in [0.15, 0.2) is 5.78 Å². The first-order chi connectivity index (χ1) is 4.75. The van der Waals surface area contributed by atoms with Gasteiger partial charge in [-0.25, -0.2) is 0 Å². The van der Waals surface area contributed by atoms with Crippen molar-refractivity contribution in [3.05, 3.63) is 0 Å². The van der Waals surface area contributed by atoms with Gasteiger partial charge in [-0.15, -0.1) is 0 Å². The predicted molar refractivity (Wildman–Crippen MR) is 37.7 cm³/mol. The minimum absolute atomic E-state index is 0.116. The normalized spacial score (nSPS) is 32.6. The molecule has 3 heteroatoms. The van der Waals surface area contributed by atoms with Crippen molar-refractivity contribution in [2.75, 3.05) is 6.54 Å². The van der Waals surface area contributed by atoms with Crippen LogP contribution in [0.4, 0.5) is 0 Å². The van der Waals surface area contributed by atoms with Crippen molar-refractivity contribution in [2.45, 2.75) is 31.9 Å². The summed E-state index contributed by atoms with van der Waals surface area (Å²) in [7, 11) is 0. The Kier molecular flexibility index (Phi) is 2.40. The van der Waals surface area contributed by atoms with Gasteiger partial charge in [0, 0.05) is 6.42 Å². The summed E-state index contributed by atoms with van der Waals surface area (Å²) >= 11 is 0. The molecule has 2 unspecified atom stereocenters. The Morgan fingerprint density at radius 1 is 1.80 bits per heavy atom. The number of rotatable bonds is 2. The van der Waals surface area contributed by atoms with Crippen molar-refractivity contribution >= 4 is 5.78 Å². The zero-order valence-electron chi connectivity index (χ0n) is 6.13. The molecule has 2 atom stereocenters. The van der Waals surface area contributed by atoms with E-state index in [0.29, 0.717) is 12.8 Å². The van der Waals surface area contributed by atoms with Gasteiger partial charge in [-0.1, -0.05) is 6.92 Å². The molecule has 1 fully saturated rings. The summed E-state index contributed by atoms with van der Waals surface area (Å²) in [6.45, 7) is 2.58. The molecule has 0 aromatic rings. The third-order valence-electron chi connectivity index (χ3n) is 1.88. The molecule has 1 rings (SSSR count). The van der Waals surface area contributed by atoms with Crippen LogP contribution in [-0.2, 0) is 4.79 Å². The van der Waals surface area contributed by atoms with Gasteiger partial charge in [0.1, 0.15) is 0 Å². The maximum absolute atomic E-state index is 11.0. The second-order valence-electron chi connectivity index (χ2n) is 2.61. The molecule has 1 aliphatic rings. The van der Waals surface area contributed by atoms with E-state index in [1.165, 1.54) is 0 Å². The SMILES string of the molecule is CCC(=O)C1NCCC1O. The Morgan fingerprint density at radius 3 is 2.90 bits per heavy atom. The Balaban J connectivity index is 2.46. The quantitative estimate of drug-likeness (QED) is 0.557. The smallest absolute Gasteiger partial charge is 0.152 e. The van der Waals surface area contributed by atoms with Gasteiger partial charge in [0.25, 0.3) is 0 Å². The minimum atomic E-state index is -0.451. The Hall–Kier alpha value is -0.410. The first kappa shape index (κ1) is 7.69. The molecule has 10 heavy (non-hydrogen) atoms. The van der Waals surface area contributed by atoms with E-state index in [1.807, 2.05) is 6.92 Å². The average Bonchev–Trinajstić information content (AvgIpc) is 2.34. The van der Waals surface area contributed by atoms with E-state index >= 15 is 0 Å². The first-order valence-electron chi connectivity index (χ1n) is 3.70. The second kappa shape index (κ2) is 3.12. The highest BCUT2D eigenvalue weighted by Gasteiger charge is 2.29. The van der Waals surface area contributed by atoms with E-state index < -0.39 is 6.10 Å². The highest BCUT2D eigenvalue weighted by molar-refractivity contribution is 5.84. The van der Waals surface area contributed by atoms with Gasteiger partial charge in [0.2, 0.25) is 0 Å². The van der Waals surface area contributed by atoms with Crippen molar-refractivity contribution in [1.29, 1.82) is 0 Å². The lowest BCUT2D eigenvalue weighted by Gasteiger charge is -2.10. The number of aliphatic hydroxyl groups excluding tert-OH is 1. The standard InChI is InChI=1S/C7H13NO2/c1-2-5(9)7-6(10)3-4-8-7/h6-8,10H,2-4H2,1H3. The lowest BCUT2D eigenvalue weighted by Crippen LogP contribution is -2.37. The Labute approximate surface area is 60.4 Å². The number of hydrogen-bond acceptors (Lipinski definition) is 3. The molecule has 1 aliphatic heterocycles. The molecule has 3 nitrogen and oxygen atoms in total. The Morgan fingerprint density at radius 2 is 2.50 bits per heavy atom. The van der Waals surface area contributed by atoms with Crippen molar-refractivity contribution in [3.63, 3.8) is 0 Å². The molecule has 0 saturated carbocycles. The molecule has 0 aliphatic carbocycles. The molecule has 0 spiro atoms. The van der Waals surface area contributed by atoms with Crippen LogP contribution in [0.15, 0.2) is 0 Å². The third-order valence-corrected chi connectivity index (χ3v) is 1.88. The molecule has 0 bridgehead atoms. The molecule has 1 saturated heterocycles. The number of aliphatic hydroxyl groups is 1. The van der Waals surface area contributed by atoms with Gasteiger partial charge < -0.3 is 10.4 Å². The average molecular weight is 143 g/mol. The summed E-state index contributed by atoms with van der Waals surface area (Å²) in [6, 6.07) is -0.287. The number of ketones is 1. The summed E-state index contributed by atoms with van der Waals surface area (Å²) in [5.74, 6) is 0.116. The van der Waals surface area contributed by atoms with Crippen molar-refractivity contribution in [3.8, 4) is 0 Å². The summed E-state index contributed by atoms with van der Waals surface area (Å²) < 4.78 is 0. The minimum Gasteiger partial charge on any atom is -0.391 e. The molecular weight excluding hydrogens is 130 g/mol. The summed E-state index contributed by atoms with van der Waals surface area (Å²) in [5.41, 5.74) is 0. The third kappa shape index (κ3) is 1.36. The molecule has 0 amide bonds. The maximum atomic E-state index is 11.0. The largest absolute Gasteiger partial charge is 0.391 e. The van der Waals surface area contributed by atoms with Gasteiger partial charge in [-0.2, -0.15) is 0 Å². The monoisotopic (exact) mass is 143 g/mol. The van der Waals surface area contributed by atoms with Crippen LogP contribution in [0, 0.1) is 0 Å². The number of carbonyl (C=O) groups is 1. The highest BCUT2D eigenvalue weighted by Crippen LogP contribution is 2.08. The number of nitrogens with one attached hydrogen (secondary N) is 1. The van der Waals surface area contributed by atoms with Gasteiger partial charge >= 0.3 is 0 Å². The zero-order valence-corrected chi connectivity index (χ0v) is 6.13. The van der Waals surface area contributed by atoms with Crippen molar-refractivity contribution in [1.82, 2.24) is 5.32 Å². The van der Waals surface area contributed by atoms with Crippen LogP contribution < -0.4 is 5.32 Å². The first-order valence-corrected chi connectivity index (χ1v) is 3.70. The lowest BCUT2D eigenvalue weighted by molar-refractivity contribution is -0.122. The van der Waals surface area contributed by atoms with Crippen LogP contribution in [-0.4, -0.2) is 29.6 Å². The van der Waals surface area contributed by atoms with Crippen LogP contribution in [0.1, 0.15) is 19.8 Å². The highest BCUT2D eigenvalue weighted by atomic mass is 16.3. The predicted octanol–water partition coefficient (Wildman–Crippen LogP) is -0.312. The van der Waals surface area contributed by atoms with Gasteiger partial charge in [0.05, 0.1) is 12.1 Å². The topological polar surface area (TPSA) is 49.3 Å². The molecule has 0 aromatic heterocycles. The molecule has 1 heterocycles. The fourth-order valence-corrected chi connectivity index (χ4v) is 1.24. The van der Waals surface area contributed by atoms with Crippen LogP contribution in [0.5, 0.6) is 0 Å². The fraction of sp³-hybridized carbons (Fsp3) is 0.857. The van der Waals surface area contributed by atoms with Crippen LogP contribution in [0.25, 0.3) is 0 Å². The van der Waals surface area contributed by atoms with E-state index in [4.69, 9.17) is 0 Å². The maximum Gasteiger partial charge on any atom is 0.152 e. The summed E-state index contributed by atoms with van der Waals surface area (Å²) in [6.07, 6.45) is 0.762. The van der Waals surface area contributed by atoms with Crippen LogP contribution >= 0.6 is 0 Å². The Bertz CT molecular complexity index is 136. The van der Waals surface area contributed by atoms with E-state index in [9.17, 15) is 9.90 Å². The number of Topliss-reactive ketones (excluding diaryl/α,β-unsaturated/α-hetero) is 1. The summed E-state index contributed by atoms with van der Waals surface area (Å²) in [4.78, 5) is 11.0. The fourth-order valence-electron chi connectivity index (χ4n) is 1.24. The van der Waals surface area contributed by atoms with Crippen molar-refractivity contribution < 1.29 is 9.90 Å². The second-order valence-corrected chi connectivity index (χ2v) is 2.61. The number of hydrogen-bond donors (Lipinski definition) is 2. The summed E-state index contributed by atoms with van der Waals surface area (Å²) in [5, 5.41) is 12.2. The van der Waals surface area contributed by atoms with E-state index in [1.54, 1.807) is 0 Å². The van der Waals surface area contributed by atoms with Crippen molar-refractivity contribution in [2.24, 2.45) is 0 Å². The van der Waals surface area contributed by atoms with Crippen LogP contribution in [0.3, 0.4) is 0 Å². The van der Waals surface area contributed by atoms with Crippen LogP contribution in [0.2, 0.25) is 0 Å². The molecular formula is C7H13NO2. The molecule has 58 valence electrons. The van der Waals surface area contributed by atoms with Gasteiger partial charge in [-0.3, -0.25) is 4.79 Å². The van der Waals surface area contributed by atoms with E-state index in [0.717, 1.165) is 6.54 Å². The van der Waals surface area contributed by atoms with E-state index in [-0.39, 0.29) is 11.8 Å².